The second kappa shape index (κ2) is 5.31. The summed E-state index contributed by atoms with van der Waals surface area (Å²) in [5.41, 5.74) is -1.21. The lowest BCUT2D eigenvalue weighted by atomic mass is 10.2. The summed E-state index contributed by atoms with van der Waals surface area (Å²) < 4.78 is 1.07. The minimum atomic E-state index is -0.658. The van der Waals surface area contributed by atoms with Gasteiger partial charge in [0, 0.05) is 12.5 Å². The molecule has 1 N–H and O–H groups in total. The predicted octanol–water partition coefficient (Wildman–Crippen LogP) is 0.357. The van der Waals surface area contributed by atoms with Crippen molar-refractivity contribution in [3.63, 3.8) is 0 Å². The Morgan fingerprint density at radius 3 is 2.90 bits per heavy atom. The van der Waals surface area contributed by atoms with Crippen molar-refractivity contribution in [3.05, 3.63) is 49.9 Å². The van der Waals surface area contributed by atoms with E-state index in [9.17, 15) is 14.9 Å². The van der Waals surface area contributed by atoms with Crippen LogP contribution in [0, 0.1) is 21.4 Å². The van der Waals surface area contributed by atoms with Crippen molar-refractivity contribution in [1.82, 2.24) is 19.7 Å². The maximum absolute atomic E-state index is 11.9. The van der Waals surface area contributed by atoms with Gasteiger partial charge in [0.25, 0.3) is 11.2 Å². The smallest absolute Gasteiger partial charge is 0.287 e. The molecule has 0 saturated carbocycles. The van der Waals surface area contributed by atoms with Crippen molar-refractivity contribution >= 4 is 5.69 Å². The normalized spacial score (nSPS) is 10.2. The Balaban J connectivity index is 2.45. The Hall–Kier alpha value is -3.02. The molecule has 2 heterocycles. The van der Waals surface area contributed by atoms with Gasteiger partial charge in [-0.1, -0.05) is 6.92 Å². The average Bonchev–Trinajstić information content (AvgIpc) is 2.88. The number of H-pyrrole nitrogens is 1. The fourth-order valence-electron chi connectivity index (χ4n) is 1.64. The monoisotopic (exact) mass is 274 g/mol. The van der Waals surface area contributed by atoms with Gasteiger partial charge < -0.3 is 0 Å². The maximum Gasteiger partial charge on any atom is 0.287 e. The van der Waals surface area contributed by atoms with Crippen LogP contribution in [0.5, 0.6) is 0 Å². The van der Waals surface area contributed by atoms with Gasteiger partial charge in [0.05, 0.1) is 17.7 Å². The van der Waals surface area contributed by atoms with Crippen LogP contribution in [-0.2, 0) is 13.0 Å². The van der Waals surface area contributed by atoms with Gasteiger partial charge in [0.1, 0.15) is 17.5 Å². The van der Waals surface area contributed by atoms with Gasteiger partial charge in [0.15, 0.2) is 5.82 Å². The molecule has 9 heteroatoms. The zero-order chi connectivity index (χ0) is 14.7. The third kappa shape index (κ3) is 2.54. The molecule has 102 valence electrons. The summed E-state index contributed by atoms with van der Waals surface area (Å²) in [5, 5.41) is 26.2. The van der Waals surface area contributed by atoms with Crippen LogP contribution in [0.2, 0.25) is 0 Å². The first-order valence-corrected chi connectivity index (χ1v) is 5.74. The summed E-state index contributed by atoms with van der Waals surface area (Å²) in [6.07, 6.45) is 1.71. The number of rotatable bonds is 4. The van der Waals surface area contributed by atoms with Crippen LogP contribution < -0.4 is 5.56 Å². The summed E-state index contributed by atoms with van der Waals surface area (Å²) >= 11 is 0. The Labute approximate surface area is 112 Å². The van der Waals surface area contributed by atoms with Gasteiger partial charge in [-0.25, -0.2) is 4.98 Å². The topological polar surface area (TPSA) is 130 Å². The quantitative estimate of drug-likeness (QED) is 0.632. The third-order valence-electron chi connectivity index (χ3n) is 2.62. The number of aromatic nitrogens is 4. The van der Waals surface area contributed by atoms with Crippen molar-refractivity contribution in [3.8, 4) is 6.07 Å². The summed E-state index contributed by atoms with van der Waals surface area (Å²) in [6, 6.07) is 2.60. The van der Waals surface area contributed by atoms with Crippen LogP contribution in [0.3, 0.4) is 0 Å². The molecular formula is C11H10N6O3. The van der Waals surface area contributed by atoms with Crippen LogP contribution >= 0.6 is 0 Å². The first-order chi connectivity index (χ1) is 9.55. The summed E-state index contributed by atoms with van der Waals surface area (Å²) in [4.78, 5) is 26.1. The molecule has 0 unspecified atom stereocenters. The SMILES string of the molecule is CCc1n[nH]c(Cn2cc([N+](=O)[O-])cc(C#N)c2=O)n1. The molecule has 0 atom stereocenters. The highest BCUT2D eigenvalue weighted by atomic mass is 16.6. The molecule has 2 rings (SSSR count). The van der Waals surface area contributed by atoms with Gasteiger partial charge in [-0.2, -0.15) is 10.4 Å². The highest BCUT2D eigenvalue weighted by molar-refractivity contribution is 5.37. The lowest BCUT2D eigenvalue weighted by Crippen LogP contribution is -2.23. The largest absolute Gasteiger partial charge is 0.300 e. The maximum atomic E-state index is 11.9. The molecule has 0 bridgehead atoms. The first-order valence-electron chi connectivity index (χ1n) is 5.74. The number of aryl methyl sites for hydroxylation is 1. The number of pyridine rings is 1. The van der Waals surface area contributed by atoms with Crippen LogP contribution in [0.25, 0.3) is 0 Å². The highest BCUT2D eigenvalue weighted by Crippen LogP contribution is 2.10. The van der Waals surface area contributed by atoms with Crippen molar-refractivity contribution in [2.45, 2.75) is 19.9 Å². The van der Waals surface area contributed by atoms with Crippen LogP contribution in [0.4, 0.5) is 5.69 Å². The fourth-order valence-corrected chi connectivity index (χ4v) is 1.64. The zero-order valence-corrected chi connectivity index (χ0v) is 10.5. The summed E-state index contributed by atoms with van der Waals surface area (Å²) in [7, 11) is 0. The predicted molar refractivity (Wildman–Crippen MR) is 66.9 cm³/mol. The van der Waals surface area contributed by atoms with Crippen molar-refractivity contribution < 1.29 is 4.92 Å². The van der Waals surface area contributed by atoms with E-state index in [0.717, 1.165) is 16.8 Å². The number of hydrogen-bond donors (Lipinski definition) is 1. The van der Waals surface area contributed by atoms with Crippen LogP contribution in [0.15, 0.2) is 17.1 Å². The molecule has 2 aromatic rings. The molecule has 0 aromatic carbocycles. The van der Waals surface area contributed by atoms with E-state index in [-0.39, 0.29) is 17.8 Å². The average molecular weight is 274 g/mol. The summed E-state index contributed by atoms with van der Waals surface area (Å²) in [6.45, 7) is 1.86. The Morgan fingerprint density at radius 1 is 1.60 bits per heavy atom. The molecule has 0 fully saturated rings. The molecule has 2 aromatic heterocycles. The van der Waals surface area contributed by atoms with Gasteiger partial charge >= 0.3 is 0 Å². The minimum Gasteiger partial charge on any atom is -0.300 e. The Kier molecular flexibility index (Phi) is 3.56. The van der Waals surface area contributed by atoms with E-state index < -0.39 is 10.5 Å². The van der Waals surface area contributed by atoms with Gasteiger partial charge in [0.2, 0.25) is 0 Å². The van der Waals surface area contributed by atoms with E-state index in [1.165, 1.54) is 0 Å². The van der Waals surface area contributed by atoms with Gasteiger partial charge in [-0.05, 0) is 0 Å². The first kappa shape index (κ1) is 13.4. The second-order valence-electron chi connectivity index (χ2n) is 3.97. The van der Waals surface area contributed by atoms with E-state index in [1.54, 1.807) is 6.07 Å². The molecular weight excluding hydrogens is 264 g/mol. The van der Waals surface area contributed by atoms with E-state index >= 15 is 0 Å². The lowest BCUT2D eigenvalue weighted by molar-refractivity contribution is -0.385. The molecule has 0 amide bonds. The number of hydrogen-bond acceptors (Lipinski definition) is 6. The van der Waals surface area contributed by atoms with Crippen LogP contribution in [-0.4, -0.2) is 24.7 Å². The number of nitrogens with zero attached hydrogens (tertiary/aromatic N) is 5. The molecule has 0 spiro atoms. The standard InChI is InChI=1S/C11H10N6O3/c1-2-9-13-10(15-14-9)6-16-5-8(17(19)20)3-7(4-12)11(16)18/h3,5H,2,6H2,1H3,(H,13,14,15). The van der Waals surface area contributed by atoms with Crippen LogP contribution in [0.1, 0.15) is 24.1 Å². The molecule has 0 aliphatic rings. The zero-order valence-electron chi connectivity index (χ0n) is 10.5. The molecule has 0 saturated heterocycles. The Morgan fingerprint density at radius 2 is 2.35 bits per heavy atom. The van der Waals surface area contributed by atoms with Crippen molar-refractivity contribution in [2.75, 3.05) is 0 Å². The summed E-state index contributed by atoms with van der Waals surface area (Å²) in [5.74, 6) is 0.979. The molecule has 20 heavy (non-hydrogen) atoms. The van der Waals surface area contributed by atoms with E-state index in [0.29, 0.717) is 18.1 Å². The van der Waals surface area contributed by atoms with E-state index in [2.05, 4.69) is 15.2 Å². The van der Waals surface area contributed by atoms with Crippen molar-refractivity contribution in [1.29, 1.82) is 5.26 Å². The van der Waals surface area contributed by atoms with Gasteiger partial charge in [-0.3, -0.25) is 24.6 Å². The minimum absolute atomic E-state index is 0.0117. The fraction of sp³-hybridized carbons (Fsp3) is 0.273. The molecule has 9 nitrogen and oxygen atoms in total. The van der Waals surface area contributed by atoms with E-state index in [4.69, 9.17) is 5.26 Å². The number of aromatic amines is 1. The molecule has 0 aliphatic carbocycles. The molecule has 0 radical (unpaired) electrons. The number of nitro groups is 1. The second-order valence-corrected chi connectivity index (χ2v) is 3.97. The van der Waals surface area contributed by atoms with Crippen molar-refractivity contribution in [2.24, 2.45) is 0 Å². The lowest BCUT2D eigenvalue weighted by Gasteiger charge is -2.03. The number of nitriles is 1. The number of nitrogens with one attached hydrogen (secondary N) is 1. The highest BCUT2D eigenvalue weighted by Gasteiger charge is 2.14. The van der Waals surface area contributed by atoms with Gasteiger partial charge in [-0.15, -0.1) is 0 Å². The molecule has 0 aliphatic heterocycles. The Bertz CT molecular complexity index is 754. The third-order valence-corrected chi connectivity index (χ3v) is 2.62. The van der Waals surface area contributed by atoms with E-state index in [1.807, 2.05) is 6.92 Å².